The van der Waals surface area contributed by atoms with Gasteiger partial charge in [-0.15, -0.1) is 0 Å². The number of amides is 1. The van der Waals surface area contributed by atoms with E-state index in [0.29, 0.717) is 31.4 Å². The summed E-state index contributed by atoms with van der Waals surface area (Å²) in [5.41, 5.74) is 8.54. The van der Waals surface area contributed by atoms with Gasteiger partial charge in [0.05, 0.1) is 6.54 Å². The van der Waals surface area contributed by atoms with Gasteiger partial charge < -0.3 is 15.5 Å². The maximum atomic E-state index is 11.9. The van der Waals surface area contributed by atoms with Crippen LogP contribution in [0.5, 0.6) is 0 Å². The molecule has 3 rings (SSSR count). The zero-order valence-electron chi connectivity index (χ0n) is 14.6. The third-order valence-corrected chi connectivity index (χ3v) is 5.04. The van der Waals surface area contributed by atoms with E-state index >= 15 is 0 Å². The Morgan fingerprint density at radius 1 is 1.25 bits per heavy atom. The third-order valence-electron chi connectivity index (χ3n) is 5.04. The average Bonchev–Trinajstić information content (AvgIpc) is 2.99. The summed E-state index contributed by atoms with van der Waals surface area (Å²) in [5, 5.41) is 0. The van der Waals surface area contributed by atoms with Crippen LogP contribution in [0, 0.1) is 5.92 Å². The number of guanidine groups is 1. The van der Waals surface area contributed by atoms with Crippen LogP contribution in [0.3, 0.4) is 0 Å². The first kappa shape index (κ1) is 16.8. The molecule has 1 amide bonds. The molecule has 0 radical (unpaired) electrons. The molecule has 5 nitrogen and oxygen atoms in total. The second kappa shape index (κ2) is 7.69. The van der Waals surface area contributed by atoms with Crippen LogP contribution >= 0.6 is 0 Å². The molecule has 1 unspecified atom stereocenters. The molecule has 2 saturated heterocycles. The number of nitrogens with two attached hydrogens (primary N) is 1. The topological polar surface area (TPSA) is 61.9 Å². The molecule has 24 heavy (non-hydrogen) atoms. The first-order valence-electron chi connectivity index (χ1n) is 9.03. The molecule has 0 bridgehead atoms. The Balaban J connectivity index is 1.66. The molecule has 2 heterocycles. The van der Waals surface area contributed by atoms with Gasteiger partial charge in [-0.25, -0.2) is 4.99 Å². The minimum Gasteiger partial charge on any atom is -0.370 e. The molecular weight excluding hydrogens is 300 g/mol. The third kappa shape index (κ3) is 4.08. The average molecular weight is 328 g/mol. The van der Waals surface area contributed by atoms with E-state index in [1.54, 1.807) is 0 Å². The van der Waals surface area contributed by atoms with Crippen molar-refractivity contribution >= 4 is 11.9 Å². The predicted molar refractivity (Wildman–Crippen MR) is 96.4 cm³/mol. The number of likely N-dealkylation sites (tertiary alicyclic amines) is 2. The standard InChI is InChI=1S/C19H28N4O/c1-15-6-4-11-23(13-15)19(20)21-12-16-7-2-3-8-17(16)14-22-10-5-9-18(22)24/h2-3,7-8,15H,4-6,9-14H2,1H3,(H2,20,21). The molecule has 2 N–H and O–H groups in total. The van der Waals surface area contributed by atoms with Gasteiger partial charge in [0.1, 0.15) is 0 Å². The van der Waals surface area contributed by atoms with Gasteiger partial charge in [-0.1, -0.05) is 31.2 Å². The Hall–Kier alpha value is -2.04. The van der Waals surface area contributed by atoms with Crippen LogP contribution in [0.2, 0.25) is 0 Å². The molecule has 2 fully saturated rings. The van der Waals surface area contributed by atoms with E-state index < -0.39 is 0 Å². The van der Waals surface area contributed by atoms with Crippen molar-refractivity contribution in [1.29, 1.82) is 0 Å². The lowest BCUT2D eigenvalue weighted by atomic mass is 10.0. The number of benzene rings is 1. The van der Waals surface area contributed by atoms with Crippen LogP contribution in [0.15, 0.2) is 29.3 Å². The van der Waals surface area contributed by atoms with Gasteiger partial charge in [-0.3, -0.25) is 4.79 Å². The summed E-state index contributed by atoms with van der Waals surface area (Å²) < 4.78 is 0. The van der Waals surface area contributed by atoms with Crippen LogP contribution in [0.1, 0.15) is 43.7 Å². The van der Waals surface area contributed by atoms with Gasteiger partial charge in [0.2, 0.25) is 5.91 Å². The van der Waals surface area contributed by atoms with Crippen LogP contribution in [0.25, 0.3) is 0 Å². The highest BCUT2D eigenvalue weighted by Gasteiger charge is 2.21. The molecule has 0 aromatic heterocycles. The minimum absolute atomic E-state index is 0.259. The molecule has 1 aromatic rings. The van der Waals surface area contributed by atoms with Gasteiger partial charge in [-0.2, -0.15) is 0 Å². The Morgan fingerprint density at radius 3 is 2.75 bits per heavy atom. The van der Waals surface area contributed by atoms with Crippen molar-refractivity contribution in [2.24, 2.45) is 16.6 Å². The predicted octanol–water partition coefficient (Wildman–Crippen LogP) is 2.36. The van der Waals surface area contributed by atoms with E-state index in [0.717, 1.165) is 31.6 Å². The Morgan fingerprint density at radius 2 is 2.04 bits per heavy atom. The van der Waals surface area contributed by atoms with Crippen LogP contribution < -0.4 is 5.73 Å². The first-order valence-corrected chi connectivity index (χ1v) is 9.03. The number of hydrogen-bond donors (Lipinski definition) is 1. The lowest BCUT2D eigenvalue weighted by Gasteiger charge is -2.31. The molecule has 0 aliphatic carbocycles. The van der Waals surface area contributed by atoms with Gasteiger partial charge in [0, 0.05) is 32.6 Å². The number of aliphatic imine (C=N–C) groups is 1. The van der Waals surface area contributed by atoms with E-state index in [1.165, 1.54) is 18.4 Å². The summed E-state index contributed by atoms with van der Waals surface area (Å²) >= 11 is 0. The first-order chi connectivity index (χ1) is 11.6. The number of rotatable bonds is 4. The van der Waals surface area contributed by atoms with Gasteiger partial charge >= 0.3 is 0 Å². The summed E-state index contributed by atoms with van der Waals surface area (Å²) in [6.45, 7) is 6.40. The molecule has 1 aromatic carbocycles. The fraction of sp³-hybridized carbons (Fsp3) is 0.579. The van der Waals surface area contributed by atoms with Crippen molar-refractivity contribution in [3.05, 3.63) is 35.4 Å². The van der Waals surface area contributed by atoms with E-state index in [4.69, 9.17) is 5.73 Å². The van der Waals surface area contributed by atoms with Gasteiger partial charge in [-0.05, 0) is 36.3 Å². The number of carbonyl (C=O) groups is 1. The summed E-state index contributed by atoms with van der Waals surface area (Å²) in [7, 11) is 0. The van der Waals surface area contributed by atoms with Crippen molar-refractivity contribution in [1.82, 2.24) is 9.80 Å². The van der Waals surface area contributed by atoms with E-state index in [2.05, 4.69) is 28.9 Å². The van der Waals surface area contributed by atoms with Gasteiger partial charge in [0.15, 0.2) is 5.96 Å². The normalized spacial score (nSPS) is 22.3. The summed E-state index contributed by atoms with van der Waals surface area (Å²) in [6, 6.07) is 8.24. The molecule has 1 atom stereocenters. The summed E-state index contributed by atoms with van der Waals surface area (Å²) in [6.07, 6.45) is 4.11. The Bertz CT molecular complexity index is 613. The maximum absolute atomic E-state index is 11.9. The smallest absolute Gasteiger partial charge is 0.222 e. The highest BCUT2D eigenvalue weighted by Crippen LogP contribution is 2.19. The SMILES string of the molecule is CC1CCCN(C(N)=NCc2ccccc2CN2CCCC2=O)C1. The molecule has 5 heteroatoms. The van der Waals surface area contributed by atoms with E-state index in [-0.39, 0.29) is 5.91 Å². The fourth-order valence-electron chi connectivity index (χ4n) is 3.61. The van der Waals surface area contributed by atoms with Crippen molar-refractivity contribution < 1.29 is 4.79 Å². The Kier molecular flexibility index (Phi) is 5.38. The number of piperidine rings is 1. The second-order valence-corrected chi connectivity index (χ2v) is 7.06. The lowest BCUT2D eigenvalue weighted by molar-refractivity contribution is -0.128. The summed E-state index contributed by atoms with van der Waals surface area (Å²) in [5.74, 6) is 1.59. The molecule has 0 spiro atoms. The second-order valence-electron chi connectivity index (χ2n) is 7.06. The summed E-state index contributed by atoms with van der Waals surface area (Å²) in [4.78, 5) is 20.6. The molecular formula is C19H28N4O. The quantitative estimate of drug-likeness (QED) is 0.682. The van der Waals surface area contributed by atoms with Crippen LogP contribution in [-0.2, 0) is 17.9 Å². The number of carbonyl (C=O) groups excluding carboxylic acids is 1. The molecule has 2 aliphatic rings. The molecule has 2 aliphatic heterocycles. The fourth-order valence-corrected chi connectivity index (χ4v) is 3.61. The Labute approximate surface area is 144 Å². The number of hydrogen-bond acceptors (Lipinski definition) is 2. The zero-order valence-corrected chi connectivity index (χ0v) is 14.6. The monoisotopic (exact) mass is 328 g/mol. The van der Waals surface area contributed by atoms with Crippen LogP contribution in [0.4, 0.5) is 0 Å². The van der Waals surface area contributed by atoms with Crippen molar-refractivity contribution in [2.45, 2.75) is 45.7 Å². The maximum Gasteiger partial charge on any atom is 0.222 e. The van der Waals surface area contributed by atoms with Crippen molar-refractivity contribution in [2.75, 3.05) is 19.6 Å². The molecule has 130 valence electrons. The van der Waals surface area contributed by atoms with E-state index in [1.807, 2.05) is 17.0 Å². The van der Waals surface area contributed by atoms with Gasteiger partial charge in [0.25, 0.3) is 0 Å². The highest BCUT2D eigenvalue weighted by molar-refractivity contribution is 5.78. The van der Waals surface area contributed by atoms with Crippen molar-refractivity contribution in [3.63, 3.8) is 0 Å². The highest BCUT2D eigenvalue weighted by atomic mass is 16.2. The number of nitrogens with zero attached hydrogens (tertiary/aromatic N) is 3. The van der Waals surface area contributed by atoms with E-state index in [9.17, 15) is 4.79 Å². The van der Waals surface area contributed by atoms with Crippen molar-refractivity contribution in [3.8, 4) is 0 Å². The molecule has 0 saturated carbocycles. The largest absolute Gasteiger partial charge is 0.370 e. The minimum atomic E-state index is 0.259. The lowest BCUT2D eigenvalue weighted by Crippen LogP contribution is -2.43. The zero-order chi connectivity index (χ0) is 16.9. The van der Waals surface area contributed by atoms with Crippen LogP contribution in [-0.4, -0.2) is 41.3 Å².